The third kappa shape index (κ3) is 5.14. The minimum absolute atomic E-state index is 0.388. The minimum atomic E-state index is -3.71. The van der Waals surface area contributed by atoms with E-state index in [1.165, 1.54) is 5.56 Å². The average molecular weight is 320 g/mol. The fourth-order valence-corrected chi connectivity index (χ4v) is 2.76. The molecule has 2 aromatic rings. The normalized spacial score (nSPS) is 12.9. The van der Waals surface area contributed by atoms with Crippen molar-refractivity contribution in [1.82, 2.24) is 4.72 Å². The summed E-state index contributed by atoms with van der Waals surface area (Å²) >= 11 is 0. The fraction of sp³-hybridized carbons (Fsp3) is 0.250. The lowest BCUT2D eigenvalue weighted by Crippen LogP contribution is -2.32. The Kier molecular flexibility index (Phi) is 5.18. The van der Waals surface area contributed by atoms with E-state index in [4.69, 9.17) is 9.88 Å². The van der Waals surface area contributed by atoms with Crippen molar-refractivity contribution in [2.75, 3.05) is 0 Å². The summed E-state index contributed by atoms with van der Waals surface area (Å²) in [5, 5.41) is 4.96. The van der Waals surface area contributed by atoms with Crippen molar-refractivity contribution in [1.29, 1.82) is 0 Å². The van der Waals surface area contributed by atoms with Crippen LogP contribution in [-0.4, -0.2) is 8.42 Å². The molecule has 0 aliphatic heterocycles. The third-order valence-electron chi connectivity index (χ3n) is 3.21. The molecule has 0 amide bonds. The number of nitrogens with one attached hydrogen (secondary N) is 1. The van der Waals surface area contributed by atoms with E-state index in [0.29, 0.717) is 6.61 Å². The highest BCUT2D eigenvalue weighted by Crippen LogP contribution is 2.19. The van der Waals surface area contributed by atoms with E-state index < -0.39 is 10.2 Å². The molecule has 6 heteroatoms. The molecule has 0 fully saturated rings. The molecule has 0 bridgehead atoms. The first-order chi connectivity index (χ1) is 10.3. The van der Waals surface area contributed by atoms with Crippen molar-refractivity contribution in [3.05, 3.63) is 65.2 Å². The second-order valence-electron chi connectivity index (χ2n) is 5.23. The molecule has 3 N–H and O–H groups in total. The number of aryl methyl sites for hydroxylation is 1. The van der Waals surface area contributed by atoms with E-state index in [1.54, 1.807) is 6.92 Å². The van der Waals surface area contributed by atoms with Crippen LogP contribution in [0.3, 0.4) is 0 Å². The Morgan fingerprint density at radius 2 is 1.86 bits per heavy atom. The summed E-state index contributed by atoms with van der Waals surface area (Å²) in [5.41, 5.74) is 3.12. The standard InChI is InChI=1S/C16H20N2O3S/c1-12-4-3-5-14(10-12)11-21-16-8-6-15(7-9-16)13(2)18-22(17,19)20/h3-10,13,18H,11H2,1-2H3,(H2,17,19,20). The number of ether oxygens (including phenoxy) is 1. The molecule has 22 heavy (non-hydrogen) atoms. The van der Waals surface area contributed by atoms with Crippen molar-refractivity contribution in [2.24, 2.45) is 5.14 Å². The summed E-state index contributed by atoms with van der Waals surface area (Å²) in [7, 11) is -3.71. The largest absolute Gasteiger partial charge is 0.489 e. The van der Waals surface area contributed by atoms with Crippen LogP contribution in [0.5, 0.6) is 5.75 Å². The van der Waals surface area contributed by atoms with E-state index in [0.717, 1.165) is 16.9 Å². The van der Waals surface area contributed by atoms with Gasteiger partial charge in [-0.3, -0.25) is 0 Å². The van der Waals surface area contributed by atoms with Gasteiger partial charge in [0.05, 0.1) is 0 Å². The van der Waals surface area contributed by atoms with Crippen LogP contribution in [0, 0.1) is 6.92 Å². The van der Waals surface area contributed by atoms with Crippen LogP contribution in [0.25, 0.3) is 0 Å². The zero-order chi connectivity index (χ0) is 16.2. The summed E-state index contributed by atoms with van der Waals surface area (Å²) in [6.45, 7) is 4.26. The predicted octanol–water partition coefficient (Wildman–Crippen LogP) is 2.43. The topological polar surface area (TPSA) is 81.4 Å². The molecule has 0 aromatic heterocycles. The van der Waals surface area contributed by atoms with Gasteiger partial charge in [0.1, 0.15) is 12.4 Å². The first-order valence-corrected chi connectivity index (χ1v) is 8.46. The van der Waals surface area contributed by atoms with Gasteiger partial charge in [0.25, 0.3) is 10.2 Å². The van der Waals surface area contributed by atoms with Crippen LogP contribution in [0.1, 0.15) is 29.7 Å². The van der Waals surface area contributed by atoms with Crippen LogP contribution in [0.2, 0.25) is 0 Å². The first-order valence-electron chi connectivity index (χ1n) is 6.92. The summed E-state index contributed by atoms with van der Waals surface area (Å²) in [4.78, 5) is 0. The van der Waals surface area contributed by atoms with Crippen molar-refractivity contribution in [2.45, 2.75) is 26.5 Å². The van der Waals surface area contributed by atoms with Gasteiger partial charge in [-0.05, 0) is 37.1 Å². The number of hydrogen-bond donors (Lipinski definition) is 2. The van der Waals surface area contributed by atoms with E-state index in [1.807, 2.05) is 49.4 Å². The maximum absolute atomic E-state index is 11.0. The Bertz CT molecular complexity index is 727. The van der Waals surface area contributed by atoms with Crippen molar-refractivity contribution in [3.8, 4) is 5.75 Å². The highest BCUT2D eigenvalue weighted by molar-refractivity contribution is 7.87. The van der Waals surface area contributed by atoms with E-state index in [-0.39, 0.29) is 6.04 Å². The van der Waals surface area contributed by atoms with Crippen molar-refractivity contribution in [3.63, 3.8) is 0 Å². The maximum Gasteiger partial charge on any atom is 0.274 e. The zero-order valence-corrected chi connectivity index (χ0v) is 13.4. The molecule has 2 aromatic carbocycles. The van der Waals surface area contributed by atoms with Crippen LogP contribution in [-0.2, 0) is 16.8 Å². The second kappa shape index (κ2) is 6.91. The monoisotopic (exact) mass is 320 g/mol. The predicted molar refractivity (Wildman–Crippen MR) is 86.6 cm³/mol. The van der Waals surface area contributed by atoms with Gasteiger partial charge in [-0.15, -0.1) is 0 Å². The highest BCUT2D eigenvalue weighted by atomic mass is 32.2. The molecule has 0 saturated carbocycles. The molecule has 5 nitrogen and oxygen atoms in total. The van der Waals surface area contributed by atoms with Gasteiger partial charge in [0.15, 0.2) is 0 Å². The molecule has 0 aliphatic rings. The summed E-state index contributed by atoms with van der Waals surface area (Å²) in [6, 6.07) is 15.0. The van der Waals surface area contributed by atoms with Gasteiger partial charge in [0.2, 0.25) is 0 Å². The SMILES string of the molecule is Cc1cccc(COc2ccc(C(C)NS(N)(=O)=O)cc2)c1. The van der Waals surface area contributed by atoms with Gasteiger partial charge in [-0.1, -0.05) is 42.0 Å². The van der Waals surface area contributed by atoms with Crippen LogP contribution >= 0.6 is 0 Å². The Morgan fingerprint density at radius 3 is 2.45 bits per heavy atom. The van der Waals surface area contributed by atoms with Crippen LogP contribution in [0.4, 0.5) is 0 Å². The summed E-state index contributed by atoms with van der Waals surface area (Å²) in [5.74, 6) is 0.730. The Labute approximate surface area is 131 Å². The van der Waals surface area contributed by atoms with Gasteiger partial charge in [0, 0.05) is 6.04 Å². The molecule has 118 valence electrons. The number of nitrogens with two attached hydrogens (primary N) is 1. The average Bonchev–Trinajstić information content (AvgIpc) is 2.44. The molecule has 0 saturated heterocycles. The second-order valence-corrected chi connectivity index (χ2v) is 6.56. The Hall–Kier alpha value is -1.89. The Balaban J connectivity index is 1.97. The molecular formula is C16H20N2O3S. The molecule has 2 rings (SSSR count). The maximum atomic E-state index is 11.0. The lowest BCUT2D eigenvalue weighted by molar-refractivity contribution is 0.306. The zero-order valence-electron chi connectivity index (χ0n) is 12.6. The van der Waals surface area contributed by atoms with Gasteiger partial charge >= 0.3 is 0 Å². The highest BCUT2D eigenvalue weighted by Gasteiger charge is 2.11. The smallest absolute Gasteiger partial charge is 0.274 e. The molecule has 0 heterocycles. The molecule has 0 spiro atoms. The van der Waals surface area contributed by atoms with Crippen molar-refractivity contribution >= 4 is 10.2 Å². The Morgan fingerprint density at radius 1 is 1.18 bits per heavy atom. The van der Waals surface area contributed by atoms with Gasteiger partial charge in [-0.2, -0.15) is 13.1 Å². The van der Waals surface area contributed by atoms with Crippen LogP contribution in [0.15, 0.2) is 48.5 Å². The number of hydrogen-bond acceptors (Lipinski definition) is 3. The minimum Gasteiger partial charge on any atom is -0.489 e. The van der Waals surface area contributed by atoms with E-state index in [9.17, 15) is 8.42 Å². The molecule has 0 radical (unpaired) electrons. The number of rotatable bonds is 6. The molecular weight excluding hydrogens is 300 g/mol. The quantitative estimate of drug-likeness (QED) is 0.857. The lowest BCUT2D eigenvalue weighted by atomic mass is 10.1. The molecule has 1 unspecified atom stereocenters. The van der Waals surface area contributed by atoms with Crippen LogP contribution < -0.4 is 14.6 Å². The summed E-state index contributed by atoms with van der Waals surface area (Å²) in [6.07, 6.45) is 0. The fourth-order valence-electron chi connectivity index (χ4n) is 2.14. The van der Waals surface area contributed by atoms with E-state index >= 15 is 0 Å². The number of benzene rings is 2. The van der Waals surface area contributed by atoms with E-state index in [2.05, 4.69) is 10.8 Å². The van der Waals surface area contributed by atoms with Crippen molar-refractivity contribution < 1.29 is 13.2 Å². The first kappa shape index (κ1) is 16.5. The summed E-state index contributed by atoms with van der Waals surface area (Å²) < 4.78 is 30.1. The third-order valence-corrected chi connectivity index (χ3v) is 3.89. The lowest BCUT2D eigenvalue weighted by Gasteiger charge is -2.13. The van der Waals surface area contributed by atoms with Gasteiger partial charge < -0.3 is 4.74 Å². The van der Waals surface area contributed by atoms with Gasteiger partial charge in [-0.25, -0.2) is 5.14 Å². The molecule has 1 atom stereocenters. The molecule has 0 aliphatic carbocycles.